The molecule has 1 aromatic heterocycles. The molecule has 158 valence electrons. The lowest BCUT2D eigenvalue weighted by Gasteiger charge is -2.47. The van der Waals surface area contributed by atoms with Gasteiger partial charge in [0.15, 0.2) is 0 Å². The number of hydrogen-bond donors (Lipinski definition) is 0. The van der Waals surface area contributed by atoms with Gasteiger partial charge in [-0.15, -0.1) is 0 Å². The van der Waals surface area contributed by atoms with E-state index in [9.17, 15) is 9.59 Å². The molecule has 2 amide bonds. The molecule has 5 nitrogen and oxygen atoms in total. The number of carbonyl (C=O) groups is 2. The summed E-state index contributed by atoms with van der Waals surface area (Å²) in [4.78, 5) is 34.3. The Labute approximate surface area is 182 Å². The van der Waals surface area contributed by atoms with Crippen molar-refractivity contribution in [2.45, 2.75) is 31.7 Å². The molecule has 5 heteroatoms. The van der Waals surface area contributed by atoms with Crippen LogP contribution in [0.4, 0.5) is 0 Å². The molecule has 0 bridgehead atoms. The number of piperidine rings is 2. The SMILES string of the molecule is O=C(c1ccncc1)N1CC[C@@H]2[C@H](CCCN2C(=O)Cc2cccc3ccccc23)C1. The van der Waals surface area contributed by atoms with E-state index in [1.807, 2.05) is 23.1 Å². The number of hydrogen-bond acceptors (Lipinski definition) is 3. The fourth-order valence-electron chi connectivity index (χ4n) is 5.29. The summed E-state index contributed by atoms with van der Waals surface area (Å²) < 4.78 is 0. The quantitative estimate of drug-likeness (QED) is 0.654. The first-order valence-electron chi connectivity index (χ1n) is 11.2. The minimum absolute atomic E-state index is 0.0695. The Bertz CT molecular complexity index is 1090. The predicted molar refractivity (Wildman–Crippen MR) is 121 cm³/mol. The third-order valence-corrected chi connectivity index (χ3v) is 6.82. The lowest BCUT2D eigenvalue weighted by molar-refractivity contribution is -0.137. The second kappa shape index (κ2) is 8.50. The maximum Gasteiger partial charge on any atom is 0.253 e. The Morgan fingerprint density at radius 2 is 1.74 bits per heavy atom. The Morgan fingerprint density at radius 3 is 2.61 bits per heavy atom. The standard InChI is InChI=1S/C26H27N3O2/c30-25(17-21-7-3-6-19-5-1-2-9-23(19)21)29-15-4-8-22-18-28(16-12-24(22)29)26(31)20-10-13-27-14-11-20/h1-3,5-7,9-11,13-14,22,24H,4,8,12,15-18H2/t22-,24-/m1/s1. The van der Waals surface area contributed by atoms with Crippen molar-refractivity contribution in [3.05, 3.63) is 78.1 Å². The molecule has 2 aromatic carbocycles. The number of carbonyl (C=O) groups excluding carboxylic acids is 2. The van der Waals surface area contributed by atoms with Crippen molar-refractivity contribution >= 4 is 22.6 Å². The minimum Gasteiger partial charge on any atom is -0.339 e. The van der Waals surface area contributed by atoms with Crippen molar-refractivity contribution in [3.63, 3.8) is 0 Å². The Balaban J connectivity index is 1.29. The van der Waals surface area contributed by atoms with E-state index in [0.29, 0.717) is 24.4 Å². The van der Waals surface area contributed by atoms with Crippen LogP contribution in [0.25, 0.3) is 10.8 Å². The number of likely N-dealkylation sites (tertiary alicyclic amines) is 2. The highest BCUT2D eigenvalue weighted by molar-refractivity contribution is 5.94. The van der Waals surface area contributed by atoms with Gasteiger partial charge < -0.3 is 9.80 Å². The molecule has 0 saturated carbocycles. The van der Waals surface area contributed by atoms with Gasteiger partial charge in [-0.25, -0.2) is 0 Å². The number of aromatic nitrogens is 1. The van der Waals surface area contributed by atoms with Gasteiger partial charge in [0.1, 0.15) is 0 Å². The first-order valence-corrected chi connectivity index (χ1v) is 11.2. The van der Waals surface area contributed by atoms with Crippen LogP contribution in [0, 0.1) is 5.92 Å². The highest BCUT2D eigenvalue weighted by atomic mass is 16.2. The highest BCUT2D eigenvalue weighted by Gasteiger charge is 2.39. The molecule has 0 spiro atoms. The van der Waals surface area contributed by atoms with Crippen LogP contribution in [0.5, 0.6) is 0 Å². The predicted octanol–water partition coefficient (Wildman–Crippen LogP) is 3.93. The third-order valence-electron chi connectivity index (χ3n) is 6.82. The summed E-state index contributed by atoms with van der Waals surface area (Å²) in [6.07, 6.45) is 6.68. The van der Waals surface area contributed by atoms with E-state index in [-0.39, 0.29) is 17.9 Å². The van der Waals surface area contributed by atoms with E-state index in [1.54, 1.807) is 24.5 Å². The van der Waals surface area contributed by atoms with Gasteiger partial charge in [-0.3, -0.25) is 14.6 Å². The Kier molecular flexibility index (Phi) is 5.41. The molecule has 2 aliphatic rings. The van der Waals surface area contributed by atoms with E-state index in [2.05, 4.69) is 34.1 Å². The normalized spacial score (nSPS) is 21.0. The van der Waals surface area contributed by atoms with E-state index < -0.39 is 0 Å². The van der Waals surface area contributed by atoms with Gasteiger partial charge in [0.25, 0.3) is 5.91 Å². The highest BCUT2D eigenvalue weighted by Crippen LogP contribution is 2.32. The molecule has 0 N–H and O–H groups in total. The van der Waals surface area contributed by atoms with Gasteiger partial charge in [0, 0.05) is 43.6 Å². The molecule has 2 saturated heterocycles. The van der Waals surface area contributed by atoms with Gasteiger partial charge in [0.05, 0.1) is 6.42 Å². The fourth-order valence-corrected chi connectivity index (χ4v) is 5.29. The summed E-state index contributed by atoms with van der Waals surface area (Å²) in [5.41, 5.74) is 1.78. The lowest BCUT2D eigenvalue weighted by atomic mass is 9.83. The molecule has 3 aromatic rings. The molecule has 0 radical (unpaired) electrons. The minimum atomic E-state index is 0.0695. The zero-order chi connectivity index (χ0) is 21.2. The molecule has 0 unspecified atom stereocenters. The van der Waals surface area contributed by atoms with Crippen LogP contribution >= 0.6 is 0 Å². The first-order chi connectivity index (χ1) is 15.2. The number of rotatable bonds is 3. The number of amides is 2. The lowest BCUT2D eigenvalue weighted by Crippen LogP contribution is -2.56. The van der Waals surface area contributed by atoms with Crippen molar-refractivity contribution in [3.8, 4) is 0 Å². The molecule has 2 aliphatic heterocycles. The average molecular weight is 414 g/mol. The second-order valence-electron chi connectivity index (χ2n) is 8.65. The van der Waals surface area contributed by atoms with Gasteiger partial charge >= 0.3 is 0 Å². The summed E-state index contributed by atoms with van der Waals surface area (Å²) in [6.45, 7) is 2.24. The number of benzene rings is 2. The smallest absolute Gasteiger partial charge is 0.253 e. The van der Waals surface area contributed by atoms with Gasteiger partial charge in [0.2, 0.25) is 5.91 Å². The van der Waals surface area contributed by atoms with Crippen LogP contribution in [0.15, 0.2) is 67.0 Å². The Hall–Kier alpha value is -3.21. The molecule has 3 heterocycles. The molecule has 2 fully saturated rings. The van der Waals surface area contributed by atoms with Crippen molar-refractivity contribution < 1.29 is 9.59 Å². The molecule has 5 rings (SSSR count). The summed E-state index contributed by atoms with van der Waals surface area (Å²) >= 11 is 0. The van der Waals surface area contributed by atoms with Gasteiger partial charge in [-0.1, -0.05) is 42.5 Å². The zero-order valence-corrected chi connectivity index (χ0v) is 17.6. The molecular weight excluding hydrogens is 386 g/mol. The number of fused-ring (bicyclic) bond motifs is 2. The fraction of sp³-hybridized carbons (Fsp3) is 0.346. The van der Waals surface area contributed by atoms with E-state index in [0.717, 1.165) is 43.3 Å². The van der Waals surface area contributed by atoms with Crippen LogP contribution in [-0.4, -0.2) is 52.3 Å². The Morgan fingerprint density at radius 1 is 0.935 bits per heavy atom. The molecule has 31 heavy (non-hydrogen) atoms. The summed E-state index contributed by atoms with van der Waals surface area (Å²) in [7, 11) is 0. The number of nitrogens with zero attached hydrogens (tertiary/aromatic N) is 3. The van der Waals surface area contributed by atoms with E-state index >= 15 is 0 Å². The van der Waals surface area contributed by atoms with Crippen molar-refractivity contribution in [2.75, 3.05) is 19.6 Å². The topological polar surface area (TPSA) is 53.5 Å². The summed E-state index contributed by atoms with van der Waals surface area (Å²) in [5.74, 6) is 0.629. The van der Waals surface area contributed by atoms with Crippen LogP contribution in [0.3, 0.4) is 0 Å². The number of pyridine rings is 1. The second-order valence-corrected chi connectivity index (χ2v) is 8.65. The first kappa shape index (κ1) is 19.7. The van der Waals surface area contributed by atoms with Crippen molar-refractivity contribution in [1.82, 2.24) is 14.8 Å². The van der Waals surface area contributed by atoms with Crippen LogP contribution in [0.1, 0.15) is 35.2 Å². The van der Waals surface area contributed by atoms with Gasteiger partial charge in [-0.2, -0.15) is 0 Å². The largest absolute Gasteiger partial charge is 0.339 e. The van der Waals surface area contributed by atoms with Crippen LogP contribution < -0.4 is 0 Å². The molecule has 0 aliphatic carbocycles. The maximum atomic E-state index is 13.3. The summed E-state index contributed by atoms with van der Waals surface area (Å²) in [5, 5.41) is 2.33. The van der Waals surface area contributed by atoms with Crippen LogP contribution in [-0.2, 0) is 11.2 Å². The average Bonchev–Trinajstić information content (AvgIpc) is 2.83. The van der Waals surface area contributed by atoms with Gasteiger partial charge in [-0.05, 0) is 53.6 Å². The maximum absolute atomic E-state index is 13.3. The molecular formula is C26H27N3O2. The molecule has 2 atom stereocenters. The monoisotopic (exact) mass is 413 g/mol. The summed E-state index contributed by atoms with van der Waals surface area (Å²) in [6, 6.07) is 18.2. The zero-order valence-electron chi connectivity index (χ0n) is 17.6. The van der Waals surface area contributed by atoms with Crippen molar-refractivity contribution in [1.29, 1.82) is 0 Å². The van der Waals surface area contributed by atoms with Crippen molar-refractivity contribution in [2.24, 2.45) is 5.92 Å². The van der Waals surface area contributed by atoms with Crippen LogP contribution in [0.2, 0.25) is 0 Å². The third kappa shape index (κ3) is 3.92. The van der Waals surface area contributed by atoms with E-state index in [4.69, 9.17) is 0 Å². The van der Waals surface area contributed by atoms with E-state index in [1.165, 1.54) is 5.39 Å².